The summed E-state index contributed by atoms with van der Waals surface area (Å²) >= 11 is 0. The fraction of sp³-hybridized carbons (Fsp3) is 0.412. The van der Waals surface area contributed by atoms with Crippen LogP contribution in [-0.2, 0) is 40.5 Å². The molecule has 1 aromatic carbocycles. The molecule has 1 N–H and O–H groups in total. The summed E-state index contributed by atoms with van der Waals surface area (Å²) in [5, 5.41) is -5.10. The van der Waals surface area contributed by atoms with Gasteiger partial charge in [0.1, 0.15) is 12.2 Å². The summed E-state index contributed by atoms with van der Waals surface area (Å²) in [6, 6.07) is 6.68. The molecule has 0 saturated carbocycles. The molecule has 0 aliphatic rings. The predicted molar refractivity (Wildman–Crippen MR) is 93.4 cm³/mol. The van der Waals surface area contributed by atoms with E-state index in [1.54, 1.807) is 0 Å². The van der Waals surface area contributed by atoms with Crippen LogP contribution < -0.4 is 0 Å². The molecular weight excluding hydrogens is 516 g/mol. The second-order valence-electron chi connectivity index (χ2n) is 6.25. The Morgan fingerprint density at radius 2 is 1.50 bits per heavy atom. The van der Waals surface area contributed by atoms with Gasteiger partial charge in [-0.2, -0.15) is 43.5 Å². The Balaban J connectivity index is 3.34. The maximum Gasteiger partial charge on any atom is 0.468 e. The zero-order chi connectivity index (χ0) is 26.6. The van der Waals surface area contributed by atoms with Crippen LogP contribution in [0.1, 0.15) is 12.0 Å². The van der Waals surface area contributed by atoms with Crippen LogP contribution in [0.3, 0.4) is 0 Å². The number of carbonyl (C=O) groups excluding carboxylic acids is 2. The van der Waals surface area contributed by atoms with Crippen LogP contribution in [0.15, 0.2) is 42.5 Å². The third kappa shape index (κ3) is 7.10. The molecule has 0 heterocycles. The summed E-state index contributed by atoms with van der Waals surface area (Å²) in [6.07, 6.45) is -14.1. The van der Waals surface area contributed by atoms with Crippen LogP contribution in [0.25, 0.3) is 0 Å². The van der Waals surface area contributed by atoms with Crippen molar-refractivity contribution in [1.29, 1.82) is 0 Å². The Morgan fingerprint density at radius 3 is 1.94 bits per heavy atom. The molecular formula is C17H14F8O8S. The molecule has 0 aromatic heterocycles. The van der Waals surface area contributed by atoms with Crippen molar-refractivity contribution < 1.29 is 71.9 Å². The van der Waals surface area contributed by atoms with Crippen LogP contribution in [0, 0.1) is 0 Å². The minimum atomic E-state index is -6.23. The van der Waals surface area contributed by atoms with Gasteiger partial charge in [0.05, 0.1) is 13.0 Å². The Morgan fingerprint density at radius 1 is 0.971 bits per heavy atom. The maximum atomic E-state index is 13.8. The molecule has 0 radical (unpaired) electrons. The van der Waals surface area contributed by atoms with Gasteiger partial charge in [-0.1, -0.05) is 36.9 Å². The Kier molecular flexibility index (Phi) is 8.79. The molecule has 1 rings (SSSR count). The summed E-state index contributed by atoms with van der Waals surface area (Å²) in [4.78, 5) is 23.9. The number of hydrogen-bond donors (Lipinski definition) is 1. The molecule has 17 heteroatoms. The van der Waals surface area contributed by atoms with Crippen molar-refractivity contribution in [3.05, 3.63) is 48.0 Å². The van der Waals surface area contributed by atoms with Crippen molar-refractivity contribution in [1.82, 2.24) is 0 Å². The molecule has 0 fully saturated rings. The number of benzene rings is 1. The molecule has 1 unspecified atom stereocenters. The largest absolute Gasteiger partial charge is 0.468 e. The molecule has 0 aliphatic heterocycles. The van der Waals surface area contributed by atoms with E-state index >= 15 is 0 Å². The topological polar surface area (TPSA) is 116 Å². The highest BCUT2D eigenvalue weighted by Gasteiger charge is 2.68. The van der Waals surface area contributed by atoms with E-state index in [-0.39, 0.29) is 5.56 Å². The normalized spacial score (nSPS) is 14.7. The fourth-order valence-electron chi connectivity index (χ4n) is 1.95. The maximum absolute atomic E-state index is 13.8. The van der Waals surface area contributed by atoms with Crippen molar-refractivity contribution in [2.75, 3.05) is 6.61 Å². The van der Waals surface area contributed by atoms with E-state index in [0.717, 1.165) is 0 Å². The molecule has 192 valence electrons. The molecule has 8 nitrogen and oxygen atoms in total. The quantitative estimate of drug-likeness (QED) is 0.161. The van der Waals surface area contributed by atoms with E-state index in [2.05, 4.69) is 20.8 Å². The zero-order valence-corrected chi connectivity index (χ0v) is 17.3. The number of hydrogen-bond acceptors (Lipinski definition) is 7. The molecule has 0 aliphatic carbocycles. The standard InChI is InChI=1S/C17H14F8O8S/c1-10(16(20,21)22)12(26)33-15(17(23,24)25,32-8-7-14(18,19)34(28,29)30)13(27)31-9-11-5-3-2-4-6-11/h2-6H,1,7-9H2,(H,28,29,30). The second-order valence-corrected chi connectivity index (χ2v) is 7.80. The lowest BCUT2D eigenvalue weighted by Crippen LogP contribution is -2.59. The van der Waals surface area contributed by atoms with Crippen LogP contribution in [0.5, 0.6) is 0 Å². The van der Waals surface area contributed by atoms with Gasteiger partial charge in [0.15, 0.2) is 0 Å². The highest BCUT2D eigenvalue weighted by atomic mass is 32.2. The number of ether oxygens (including phenoxy) is 3. The first-order valence-electron chi connectivity index (χ1n) is 8.51. The fourth-order valence-corrected chi connectivity index (χ4v) is 2.30. The van der Waals surface area contributed by atoms with Crippen molar-refractivity contribution in [2.45, 2.75) is 36.4 Å². The van der Waals surface area contributed by atoms with Crippen LogP contribution in [0.2, 0.25) is 0 Å². The monoisotopic (exact) mass is 530 g/mol. The molecule has 1 atom stereocenters. The minimum Gasteiger partial charge on any atom is -0.456 e. The van der Waals surface area contributed by atoms with E-state index in [0.29, 0.717) is 0 Å². The predicted octanol–water partition coefficient (Wildman–Crippen LogP) is 3.54. The molecule has 0 amide bonds. The summed E-state index contributed by atoms with van der Waals surface area (Å²) in [5.74, 6) is -10.6. The third-order valence-corrected chi connectivity index (χ3v) is 4.71. The van der Waals surface area contributed by atoms with Crippen molar-refractivity contribution in [3.8, 4) is 0 Å². The Hall–Kier alpha value is -2.79. The van der Waals surface area contributed by atoms with Gasteiger partial charge < -0.3 is 14.2 Å². The Bertz CT molecular complexity index is 1000. The van der Waals surface area contributed by atoms with Crippen LogP contribution >= 0.6 is 0 Å². The summed E-state index contributed by atoms with van der Waals surface area (Å²) in [5.41, 5.74) is -2.47. The molecule has 0 bridgehead atoms. The van der Waals surface area contributed by atoms with E-state index in [1.807, 2.05) is 0 Å². The lowest BCUT2D eigenvalue weighted by Gasteiger charge is -2.32. The van der Waals surface area contributed by atoms with Crippen molar-refractivity contribution in [3.63, 3.8) is 0 Å². The Labute approximate surface area is 185 Å². The first-order chi connectivity index (χ1) is 15.2. The van der Waals surface area contributed by atoms with E-state index in [1.165, 1.54) is 30.3 Å². The SMILES string of the molecule is C=C(C(=O)OC(OCCC(F)(F)S(=O)(=O)O)(C(=O)OCc1ccccc1)C(F)(F)F)C(F)(F)F. The third-order valence-electron chi connectivity index (χ3n) is 3.76. The first-order valence-corrected chi connectivity index (χ1v) is 9.95. The second kappa shape index (κ2) is 10.2. The van der Waals surface area contributed by atoms with Gasteiger partial charge in [-0.3, -0.25) is 4.55 Å². The number of esters is 2. The zero-order valence-electron chi connectivity index (χ0n) is 16.5. The molecule has 34 heavy (non-hydrogen) atoms. The highest BCUT2D eigenvalue weighted by Crippen LogP contribution is 2.39. The van der Waals surface area contributed by atoms with Gasteiger partial charge >= 0.3 is 45.5 Å². The average molecular weight is 530 g/mol. The first kappa shape index (κ1) is 29.2. The highest BCUT2D eigenvalue weighted by molar-refractivity contribution is 7.86. The smallest absolute Gasteiger partial charge is 0.456 e. The van der Waals surface area contributed by atoms with E-state index < -0.39 is 70.7 Å². The summed E-state index contributed by atoms with van der Waals surface area (Å²) in [6.45, 7) is -0.840. The van der Waals surface area contributed by atoms with Gasteiger partial charge in [0.2, 0.25) is 0 Å². The van der Waals surface area contributed by atoms with Crippen LogP contribution in [-0.4, -0.2) is 54.9 Å². The van der Waals surface area contributed by atoms with Crippen molar-refractivity contribution in [2.24, 2.45) is 0 Å². The number of rotatable bonds is 10. The van der Waals surface area contributed by atoms with E-state index in [4.69, 9.17) is 4.55 Å². The number of halogens is 8. The van der Waals surface area contributed by atoms with Gasteiger partial charge in [0.25, 0.3) is 0 Å². The van der Waals surface area contributed by atoms with Gasteiger partial charge in [-0.15, -0.1) is 0 Å². The lowest BCUT2D eigenvalue weighted by atomic mass is 10.2. The van der Waals surface area contributed by atoms with Crippen molar-refractivity contribution >= 4 is 22.1 Å². The van der Waals surface area contributed by atoms with Crippen LogP contribution in [0.4, 0.5) is 35.1 Å². The number of alkyl halides is 8. The summed E-state index contributed by atoms with van der Waals surface area (Å²) < 4.78 is 147. The van der Waals surface area contributed by atoms with Gasteiger partial charge in [-0.25, -0.2) is 9.59 Å². The molecule has 0 saturated heterocycles. The lowest BCUT2D eigenvalue weighted by molar-refractivity contribution is -0.356. The summed E-state index contributed by atoms with van der Waals surface area (Å²) in [7, 11) is -6.16. The number of carbonyl (C=O) groups is 2. The molecule has 1 aromatic rings. The molecule has 0 spiro atoms. The van der Waals surface area contributed by atoms with Gasteiger partial charge in [-0.05, 0) is 5.56 Å². The average Bonchev–Trinajstić information content (AvgIpc) is 2.68. The van der Waals surface area contributed by atoms with E-state index in [9.17, 15) is 53.1 Å². The minimum absolute atomic E-state index is 0.0517. The van der Waals surface area contributed by atoms with Gasteiger partial charge in [0, 0.05) is 0 Å².